The van der Waals surface area contributed by atoms with Crippen molar-refractivity contribution in [3.63, 3.8) is 0 Å². The van der Waals surface area contributed by atoms with Crippen LogP contribution in [0, 0.1) is 50.7 Å². The molecule has 35 heavy (non-hydrogen) atoms. The van der Waals surface area contributed by atoms with Crippen molar-refractivity contribution in [2.75, 3.05) is 0 Å². The van der Waals surface area contributed by atoms with E-state index in [4.69, 9.17) is 9.47 Å². The minimum atomic E-state index is -0.0953. The van der Waals surface area contributed by atoms with Crippen molar-refractivity contribution in [1.29, 1.82) is 0 Å². The zero-order valence-electron chi connectivity index (χ0n) is 24.0. The van der Waals surface area contributed by atoms with E-state index < -0.39 is 0 Å². The average molecular weight is 485 g/mol. The summed E-state index contributed by atoms with van der Waals surface area (Å²) in [6, 6.07) is 0. The van der Waals surface area contributed by atoms with Gasteiger partial charge in [0.25, 0.3) is 0 Å². The molecule has 0 amide bonds. The molecular formula is C32H52O3. The fourth-order valence-electron chi connectivity index (χ4n) is 12.1. The van der Waals surface area contributed by atoms with Crippen LogP contribution in [0.1, 0.15) is 126 Å². The molecule has 0 N–H and O–H groups in total. The predicted octanol–water partition coefficient (Wildman–Crippen LogP) is 7.95. The SMILES string of the molecule is CC(=O)O[C@H]1CC[C@]23C[C@]24CC[C@]2(C)[C@@H]([C@H](C)CCC5OC5(C)C)CC[C@@]2(C)[C@@H]4CC[C@H]3C1(C)C. The molecule has 6 aliphatic rings. The molecule has 10 atom stereocenters. The van der Waals surface area contributed by atoms with Gasteiger partial charge in [-0.3, -0.25) is 4.79 Å². The summed E-state index contributed by atoms with van der Waals surface area (Å²) in [5.74, 6) is 3.19. The van der Waals surface area contributed by atoms with Gasteiger partial charge in [0.2, 0.25) is 0 Å². The second-order valence-electron chi connectivity index (χ2n) is 15.9. The molecule has 0 radical (unpaired) electrons. The maximum absolute atomic E-state index is 11.9. The molecule has 0 aromatic heterocycles. The van der Waals surface area contributed by atoms with Crippen molar-refractivity contribution in [1.82, 2.24) is 0 Å². The van der Waals surface area contributed by atoms with Crippen LogP contribution in [0.2, 0.25) is 0 Å². The van der Waals surface area contributed by atoms with Crippen LogP contribution >= 0.6 is 0 Å². The highest BCUT2D eigenvalue weighted by molar-refractivity contribution is 5.66. The maximum Gasteiger partial charge on any atom is 0.302 e. The Morgan fingerprint density at radius 2 is 1.54 bits per heavy atom. The Hall–Kier alpha value is -0.570. The number of rotatable bonds is 5. The van der Waals surface area contributed by atoms with Gasteiger partial charge < -0.3 is 9.47 Å². The highest BCUT2D eigenvalue weighted by atomic mass is 16.6. The lowest BCUT2D eigenvalue weighted by Gasteiger charge is -2.63. The van der Waals surface area contributed by atoms with Crippen LogP contribution in [-0.4, -0.2) is 23.8 Å². The van der Waals surface area contributed by atoms with Gasteiger partial charge in [0.1, 0.15) is 6.10 Å². The van der Waals surface area contributed by atoms with E-state index in [0.29, 0.717) is 27.8 Å². The summed E-state index contributed by atoms with van der Waals surface area (Å²) in [4.78, 5) is 11.9. The van der Waals surface area contributed by atoms with Crippen LogP contribution in [-0.2, 0) is 14.3 Å². The first-order valence-corrected chi connectivity index (χ1v) is 15.1. The molecule has 6 rings (SSSR count). The molecule has 3 heteroatoms. The first-order chi connectivity index (χ1) is 16.2. The third-order valence-electron chi connectivity index (χ3n) is 14.2. The van der Waals surface area contributed by atoms with Crippen LogP contribution in [0.15, 0.2) is 0 Å². The fraction of sp³-hybridized carbons (Fsp3) is 0.969. The lowest BCUT2D eigenvalue weighted by Crippen LogP contribution is -2.58. The van der Waals surface area contributed by atoms with E-state index in [0.717, 1.165) is 30.1 Å². The minimum absolute atomic E-state index is 0.0953. The number of esters is 1. The Morgan fingerprint density at radius 3 is 2.20 bits per heavy atom. The average Bonchev–Trinajstić information content (AvgIpc) is 3.58. The van der Waals surface area contributed by atoms with Gasteiger partial charge in [-0.1, -0.05) is 34.6 Å². The predicted molar refractivity (Wildman–Crippen MR) is 140 cm³/mol. The Kier molecular flexibility index (Phi) is 5.16. The van der Waals surface area contributed by atoms with Crippen molar-refractivity contribution in [2.24, 2.45) is 50.7 Å². The Balaban J connectivity index is 1.22. The second-order valence-corrected chi connectivity index (χ2v) is 15.9. The summed E-state index contributed by atoms with van der Waals surface area (Å²) in [5, 5.41) is 0. The van der Waals surface area contributed by atoms with Crippen molar-refractivity contribution in [3.8, 4) is 0 Å². The zero-order chi connectivity index (χ0) is 25.2. The summed E-state index contributed by atoms with van der Waals surface area (Å²) in [7, 11) is 0. The third-order valence-corrected chi connectivity index (χ3v) is 14.2. The zero-order valence-corrected chi connectivity index (χ0v) is 24.0. The van der Waals surface area contributed by atoms with Gasteiger partial charge in [-0.25, -0.2) is 0 Å². The molecule has 3 nitrogen and oxygen atoms in total. The van der Waals surface area contributed by atoms with Crippen molar-refractivity contribution in [2.45, 2.75) is 144 Å². The van der Waals surface area contributed by atoms with E-state index in [-0.39, 0.29) is 23.1 Å². The topological polar surface area (TPSA) is 38.8 Å². The standard InChI is InChI=1S/C32H52O3/c1-20(9-12-26-28(5,6)35-26)22-13-15-30(8)24-11-10-23-27(3,4)25(34-21(2)33)14-16-31(23)19-32(24,31)18-17-29(22,30)7/h20,22-26H,9-19H2,1-8H3/t20-,22-,23+,24+,25+,26?,29-,30+,31-,32+/m1/s1. The van der Waals surface area contributed by atoms with E-state index in [2.05, 4.69) is 48.5 Å². The summed E-state index contributed by atoms with van der Waals surface area (Å²) in [6.45, 7) is 19.0. The molecule has 5 aliphatic carbocycles. The Labute approximate surface area is 214 Å². The lowest BCUT2D eigenvalue weighted by molar-refractivity contribution is -0.181. The van der Waals surface area contributed by atoms with Crippen LogP contribution < -0.4 is 0 Å². The molecule has 0 aromatic carbocycles. The number of hydrogen-bond donors (Lipinski definition) is 0. The van der Waals surface area contributed by atoms with Crippen LogP contribution in [0.25, 0.3) is 0 Å². The minimum Gasteiger partial charge on any atom is -0.462 e. The molecule has 6 fully saturated rings. The first-order valence-electron chi connectivity index (χ1n) is 15.1. The van der Waals surface area contributed by atoms with Gasteiger partial charge in [-0.05, 0) is 130 Å². The highest BCUT2D eigenvalue weighted by Gasteiger charge is 2.82. The first kappa shape index (κ1) is 24.7. The summed E-state index contributed by atoms with van der Waals surface area (Å²) in [5.41, 5.74) is 2.32. The molecular weight excluding hydrogens is 432 g/mol. The van der Waals surface area contributed by atoms with E-state index in [1.807, 2.05) is 0 Å². The molecule has 1 unspecified atom stereocenters. The van der Waals surface area contributed by atoms with Gasteiger partial charge in [-0.15, -0.1) is 0 Å². The van der Waals surface area contributed by atoms with Crippen LogP contribution in [0.4, 0.5) is 0 Å². The number of hydrogen-bond acceptors (Lipinski definition) is 3. The second kappa shape index (κ2) is 7.29. The van der Waals surface area contributed by atoms with E-state index >= 15 is 0 Å². The van der Waals surface area contributed by atoms with Crippen LogP contribution in [0.5, 0.6) is 0 Å². The maximum atomic E-state index is 11.9. The monoisotopic (exact) mass is 484 g/mol. The molecule has 1 aliphatic heterocycles. The molecule has 2 spiro atoms. The molecule has 198 valence electrons. The quantitative estimate of drug-likeness (QED) is 0.293. The van der Waals surface area contributed by atoms with Gasteiger partial charge in [0.05, 0.1) is 11.7 Å². The Morgan fingerprint density at radius 1 is 0.886 bits per heavy atom. The van der Waals surface area contributed by atoms with E-state index in [1.165, 1.54) is 64.2 Å². The molecule has 0 aromatic rings. The van der Waals surface area contributed by atoms with Crippen molar-refractivity contribution < 1.29 is 14.3 Å². The highest BCUT2D eigenvalue weighted by Crippen LogP contribution is 2.89. The van der Waals surface area contributed by atoms with Gasteiger partial charge >= 0.3 is 5.97 Å². The Bertz CT molecular complexity index is 906. The van der Waals surface area contributed by atoms with Gasteiger partial charge in [0.15, 0.2) is 0 Å². The molecule has 1 heterocycles. The largest absolute Gasteiger partial charge is 0.462 e. The van der Waals surface area contributed by atoms with E-state index in [1.54, 1.807) is 6.92 Å². The molecule has 1 saturated heterocycles. The number of epoxide rings is 1. The number of carbonyl (C=O) groups is 1. The van der Waals surface area contributed by atoms with Crippen LogP contribution in [0.3, 0.4) is 0 Å². The summed E-state index contributed by atoms with van der Waals surface area (Å²) in [6.07, 6.45) is 15.5. The van der Waals surface area contributed by atoms with E-state index in [9.17, 15) is 4.79 Å². The van der Waals surface area contributed by atoms with Gasteiger partial charge in [0, 0.05) is 12.3 Å². The smallest absolute Gasteiger partial charge is 0.302 e. The van der Waals surface area contributed by atoms with Crippen molar-refractivity contribution >= 4 is 5.97 Å². The molecule has 0 bridgehead atoms. The molecule has 5 saturated carbocycles. The van der Waals surface area contributed by atoms with Crippen molar-refractivity contribution in [3.05, 3.63) is 0 Å². The fourth-order valence-corrected chi connectivity index (χ4v) is 12.1. The third kappa shape index (κ3) is 3.09. The number of ether oxygens (including phenoxy) is 2. The normalized spacial score (nSPS) is 53.4. The number of fused-ring (bicyclic) bond motifs is 2. The summed E-state index contributed by atoms with van der Waals surface area (Å²) >= 11 is 0. The number of carbonyl (C=O) groups excluding carboxylic acids is 1. The van der Waals surface area contributed by atoms with Gasteiger partial charge in [-0.2, -0.15) is 0 Å². The lowest BCUT2D eigenvalue weighted by atomic mass is 9.41. The summed E-state index contributed by atoms with van der Waals surface area (Å²) < 4.78 is 11.8.